The van der Waals surface area contributed by atoms with Gasteiger partial charge in [-0.05, 0) is 26.4 Å². The fourth-order valence-electron chi connectivity index (χ4n) is 0.838. The lowest BCUT2D eigenvalue weighted by Gasteiger charge is -2.12. The maximum Gasteiger partial charge on any atom is 0.241 e. The Bertz CT molecular complexity index is 76.0. The van der Waals surface area contributed by atoms with Crippen LogP contribution in [0.5, 0.6) is 0 Å². The summed E-state index contributed by atoms with van der Waals surface area (Å²) in [5.74, 6) is -0.424. The van der Waals surface area contributed by atoms with Gasteiger partial charge in [-0.2, -0.15) is 0 Å². The molecule has 0 aromatic heterocycles. The zero-order valence-corrected chi connectivity index (χ0v) is 6.53. The third kappa shape index (κ3) is 3.77. The van der Waals surface area contributed by atoms with Gasteiger partial charge in [0.2, 0.25) is 6.43 Å². The van der Waals surface area contributed by atoms with Crippen LogP contribution in [0.25, 0.3) is 0 Å². The summed E-state index contributed by atoms with van der Waals surface area (Å²) in [6, 6.07) is 0. The van der Waals surface area contributed by atoms with Crippen molar-refractivity contribution in [2.75, 3.05) is 13.6 Å². The highest BCUT2D eigenvalue weighted by Crippen LogP contribution is 2.16. The molecule has 0 aromatic rings. The quantitative estimate of drug-likeness (QED) is 0.632. The molecule has 1 unspecified atom stereocenters. The third-order valence-electron chi connectivity index (χ3n) is 1.65. The fraction of sp³-hybridized carbons (Fsp3) is 1.00. The molecule has 0 bridgehead atoms. The van der Waals surface area contributed by atoms with Gasteiger partial charge in [-0.3, -0.25) is 0 Å². The molecule has 0 radical (unpaired) electrons. The van der Waals surface area contributed by atoms with Crippen LogP contribution in [0.1, 0.15) is 19.8 Å². The average molecular weight is 151 g/mol. The maximum atomic E-state index is 12.0. The summed E-state index contributed by atoms with van der Waals surface area (Å²) >= 11 is 0. The van der Waals surface area contributed by atoms with Crippen LogP contribution in [-0.4, -0.2) is 20.0 Å². The van der Waals surface area contributed by atoms with Gasteiger partial charge < -0.3 is 5.32 Å². The van der Waals surface area contributed by atoms with E-state index in [-0.39, 0.29) is 0 Å². The minimum Gasteiger partial charge on any atom is -0.320 e. The van der Waals surface area contributed by atoms with Gasteiger partial charge in [0.1, 0.15) is 0 Å². The van der Waals surface area contributed by atoms with E-state index in [4.69, 9.17) is 0 Å². The minimum absolute atomic E-state index is 0.424. The van der Waals surface area contributed by atoms with E-state index in [0.717, 1.165) is 0 Å². The summed E-state index contributed by atoms with van der Waals surface area (Å²) in [6.07, 6.45) is -1.01. The largest absolute Gasteiger partial charge is 0.320 e. The summed E-state index contributed by atoms with van der Waals surface area (Å²) in [4.78, 5) is 0. The topological polar surface area (TPSA) is 12.0 Å². The molecule has 1 nitrogen and oxygen atoms in total. The van der Waals surface area contributed by atoms with Crippen molar-refractivity contribution in [1.29, 1.82) is 0 Å². The van der Waals surface area contributed by atoms with Gasteiger partial charge in [0.05, 0.1) is 0 Å². The van der Waals surface area contributed by atoms with Gasteiger partial charge in [0.15, 0.2) is 0 Å². The first-order chi connectivity index (χ1) is 4.72. The first-order valence-corrected chi connectivity index (χ1v) is 3.65. The van der Waals surface area contributed by atoms with Gasteiger partial charge in [-0.1, -0.05) is 6.92 Å². The summed E-state index contributed by atoms with van der Waals surface area (Å²) in [5, 5.41) is 2.85. The van der Waals surface area contributed by atoms with Crippen molar-refractivity contribution in [3.05, 3.63) is 0 Å². The Morgan fingerprint density at radius 3 is 2.30 bits per heavy atom. The molecule has 0 aliphatic carbocycles. The third-order valence-corrected chi connectivity index (χ3v) is 1.65. The smallest absolute Gasteiger partial charge is 0.241 e. The molecular weight excluding hydrogens is 136 g/mol. The monoisotopic (exact) mass is 151 g/mol. The molecule has 0 rings (SSSR count). The molecule has 0 spiro atoms. The average Bonchev–Trinajstić information content (AvgIpc) is 1.89. The number of halogens is 2. The van der Waals surface area contributed by atoms with Gasteiger partial charge in [0, 0.05) is 5.92 Å². The Labute approximate surface area is 60.8 Å². The lowest BCUT2D eigenvalue weighted by atomic mass is 10.0. The van der Waals surface area contributed by atoms with Crippen molar-refractivity contribution in [3.63, 3.8) is 0 Å². The summed E-state index contributed by atoms with van der Waals surface area (Å²) in [6.45, 7) is 2.48. The molecule has 1 atom stereocenters. The molecule has 10 heavy (non-hydrogen) atoms. The number of hydrogen-bond acceptors (Lipinski definition) is 1. The lowest BCUT2D eigenvalue weighted by molar-refractivity contribution is 0.0705. The number of alkyl halides is 2. The second-order valence-corrected chi connectivity index (χ2v) is 2.40. The molecule has 0 aliphatic rings. The van der Waals surface area contributed by atoms with Crippen LogP contribution in [0.4, 0.5) is 8.78 Å². The van der Waals surface area contributed by atoms with Gasteiger partial charge in [-0.25, -0.2) is 8.78 Å². The highest BCUT2D eigenvalue weighted by atomic mass is 19.3. The van der Waals surface area contributed by atoms with Crippen molar-refractivity contribution in [1.82, 2.24) is 5.32 Å². The van der Waals surface area contributed by atoms with E-state index in [1.54, 1.807) is 14.0 Å². The SMILES string of the molecule is CCC(CCNC)C(F)F. The van der Waals surface area contributed by atoms with Crippen LogP contribution in [0.15, 0.2) is 0 Å². The van der Waals surface area contributed by atoms with Gasteiger partial charge in [0.25, 0.3) is 0 Å². The Morgan fingerprint density at radius 2 is 2.00 bits per heavy atom. The standard InChI is InChI=1S/C7H15F2N/c1-3-6(7(8)9)4-5-10-2/h6-7,10H,3-5H2,1-2H3. The van der Waals surface area contributed by atoms with E-state index in [1.807, 2.05) is 0 Å². The zero-order chi connectivity index (χ0) is 7.98. The number of rotatable bonds is 5. The van der Waals surface area contributed by atoms with Crippen molar-refractivity contribution in [2.24, 2.45) is 5.92 Å². The first-order valence-electron chi connectivity index (χ1n) is 3.65. The highest BCUT2D eigenvalue weighted by molar-refractivity contribution is 4.59. The first kappa shape index (κ1) is 9.82. The Hall–Kier alpha value is -0.180. The van der Waals surface area contributed by atoms with Crippen LogP contribution in [0.3, 0.4) is 0 Å². The van der Waals surface area contributed by atoms with Gasteiger partial charge >= 0.3 is 0 Å². The normalized spacial score (nSPS) is 14.1. The number of hydrogen-bond donors (Lipinski definition) is 1. The molecule has 0 amide bonds. The minimum atomic E-state index is -2.15. The summed E-state index contributed by atoms with van der Waals surface area (Å²) in [7, 11) is 1.78. The van der Waals surface area contributed by atoms with E-state index >= 15 is 0 Å². The Morgan fingerprint density at radius 1 is 1.40 bits per heavy atom. The van der Waals surface area contributed by atoms with Crippen LogP contribution < -0.4 is 5.32 Å². The van der Waals surface area contributed by atoms with E-state index < -0.39 is 12.3 Å². The van der Waals surface area contributed by atoms with E-state index in [2.05, 4.69) is 5.32 Å². The predicted octanol–water partition coefficient (Wildman–Crippen LogP) is 1.89. The molecule has 62 valence electrons. The molecular formula is C7H15F2N. The van der Waals surface area contributed by atoms with Crippen LogP contribution in [0, 0.1) is 5.92 Å². The van der Waals surface area contributed by atoms with Crippen LogP contribution in [0.2, 0.25) is 0 Å². The Kier molecular flexibility index (Phi) is 5.49. The van der Waals surface area contributed by atoms with Gasteiger partial charge in [-0.15, -0.1) is 0 Å². The van der Waals surface area contributed by atoms with Crippen molar-refractivity contribution < 1.29 is 8.78 Å². The molecule has 0 aliphatic heterocycles. The predicted molar refractivity (Wildman–Crippen MR) is 38.3 cm³/mol. The van der Waals surface area contributed by atoms with Crippen molar-refractivity contribution in [2.45, 2.75) is 26.2 Å². The molecule has 0 saturated heterocycles. The molecule has 0 fully saturated rings. The number of nitrogens with one attached hydrogen (secondary N) is 1. The van der Waals surface area contributed by atoms with E-state index in [9.17, 15) is 8.78 Å². The molecule has 1 N–H and O–H groups in total. The molecule has 0 saturated carbocycles. The maximum absolute atomic E-state index is 12.0. The zero-order valence-electron chi connectivity index (χ0n) is 6.53. The second-order valence-electron chi connectivity index (χ2n) is 2.40. The van der Waals surface area contributed by atoms with Crippen LogP contribution >= 0.6 is 0 Å². The van der Waals surface area contributed by atoms with Crippen molar-refractivity contribution in [3.8, 4) is 0 Å². The summed E-state index contributed by atoms with van der Waals surface area (Å²) in [5.41, 5.74) is 0. The Balaban J connectivity index is 3.40. The van der Waals surface area contributed by atoms with Crippen molar-refractivity contribution >= 4 is 0 Å². The molecule has 0 aromatic carbocycles. The molecule has 0 heterocycles. The summed E-state index contributed by atoms with van der Waals surface area (Å²) < 4.78 is 24.0. The molecule has 3 heteroatoms. The fourth-order valence-corrected chi connectivity index (χ4v) is 0.838. The van der Waals surface area contributed by atoms with E-state index in [0.29, 0.717) is 19.4 Å². The second kappa shape index (κ2) is 5.59. The van der Waals surface area contributed by atoms with E-state index in [1.165, 1.54) is 0 Å². The highest BCUT2D eigenvalue weighted by Gasteiger charge is 2.16. The lowest BCUT2D eigenvalue weighted by Crippen LogP contribution is -2.17. The van der Waals surface area contributed by atoms with Crippen LogP contribution in [-0.2, 0) is 0 Å².